The van der Waals surface area contributed by atoms with E-state index in [1.54, 1.807) is 11.7 Å². The molecule has 0 radical (unpaired) electrons. The molecule has 0 spiro atoms. The fourth-order valence-corrected chi connectivity index (χ4v) is 5.52. The number of H-pyrrole nitrogens is 1. The molecule has 0 aliphatic carbocycles. The maximum Gasteiger partial charge on any atom is 0.329 e. The first kappa shape index (κ1) is 24.0. The molecule has 1 fully saturated rings. The fraction of sp³-hybridized carbons (Fsp3) is 0.280. The van der Waals surface area contributed by atoms with Crippen molar-refractivity contribution in [2.24, 2.45) is 7.05 Å². The molecule has 1 N–H and O–H groups in total. The number of para-hydroxylation sites is 2. The number of imidazole rings is 1. The van der Waals surface area contributed by atoms with Crippen molar-refractivity contribution in [2.45, 2.75) is 11.7 Å². The van der Waals surface area contributed by atoms with Crippen LogP contribution in [0, 0.1) is 0 Å². The van der Waals surface area contributed by atoms with Gasteiger partial charge in [-0.3, -0.25) is 14.3 Å². The number of hydrogen-bond acceptors (Lipinski definition) is 9. The van der Waals surface area contributed by atoms with E-state index < -0.39 is 11.2 Å². The van der Waals surface area contributed by atoms with Gasteiger partial charge in [0.1, 0.15) is 0 Å². The topological polar surface area (TPSA) is 123 Å². The monoisotopic (exact) mass is 530 g/mol. The number of aryl methyl sites for hydroxylation is 2. The Morgan fingerprint density at radius 3 is 2.26 bits per heavy atom. The highest BCUT2D eigenvalue weighted by atomic mass is 32.2. The summed E-state index contributed by atoms with van der Waals surface area (Å²) in [6, 6.07) is 20.0. The minimum atomic E-state index is -0.482. The number of thioether (sulfide) groups is 1. The molecule has 3 aromatic heterocycles. The Hall–Kier alpha value is -4.39. The Morgan fingerprint density at radius 2 is 1.55 bits per heavy atom. The van der Waals surface area contributed by atoms with Crippen LogP contribution in [0.4, 0.5) is 11.6 Å². The third-order valence-corrected chi connectivity index (χ3v) is 7.56. The molecule has 1 aliphatic heterocycles. The molecule has 194 valence electrons. The predicted molar refractivity (Wildman–Crippen MR) is 146 cm³/mol. The lowest BCUT2D eigenvalue weighted by Crippen LogP contribution is -2.47. The Balaban J connectivity index is 1.27. The number of tetrazole rings is 1. The molecule has 0 amide bonds. The summed E-state index contributed by atoms with van der Waals surface area (Å²) in [4.78, 5) is 37.0. The van der Waals surface area contributed by atoms with E-state index >= 15 is 0 Å². The molecule has 1 saturated heterocycles. The highest BCUT2D eigenvalue weighted by Crippen LogP contribution is 2.25. The smallest absolute Gasteiger partial charge is 0.329 e. The second-order valence-corrected chi connectivity index (χ2v) is 9.98. The van der Waals surface area contributed by atoms with Crippen LogP contribution < -0.4 is 21.0 Å². The number of anilines is 2. The van der Waals surface area contributed by atoms with E-state index in [9.17, 15) is 9.59 Å². The molecule has 0 unspecified atom stereocenters. The predicted octanol–water partition coefficient (Wildman–Crippen LogP) is 1.52. The number of piperazine rings is 1. The molecule has 5 aromatic rings. The zero-order chi connectivity index (χ0) is 26.1. The maximum absolute atomic E-state index is 12.9. The summed E-state index contributed by atoms with van der Waals surface area (Å²) in [5, 5.41) is 12.8. The van der Waals surface area contributed by atoms with Crippen LogP contribution in [0.5, 0.6) is 0 Å². The second kappa shape index (κ2) is 10.2. The number of hydrogen-bond donors (Lipinski definition) is 1. The van der Waals surface area contributed by atoms with E-state index in [4.69, 9.17) is 4.98 Å². The van der Waals surface area contributed by atoms with Gasteiger partial charge < -0.3 is 14.4 Å². The van der Waals surface area contributed by atoms with Crippen LogP contribution in [0.25, 0.3) is 16.9 Å². The average Bonchev–Trinajstić information content (AvgIpc) is 3.58. The molecule has 1 aliphatic rings. The van der Waals surface area contributed by atoms with E-state index in [0.717, 1.165) is 31.9 Å². The summed E-state index contributed by atoms with van der Waals surface area (Å²) in [5.74, 6) is 1.28. The molecule has 0 bridgehead atoms. The molecule has 13 heteroatoms. The molecule has 6 rings (SSSR count). The summed E-state index contributed by atoms with van der Waals surface area (Å²) in [6.07, 6.45) is 0. The van der Waals surface area contributed by atoms with Crippen molar-refractivity contribution in [3.8, 4) is 5.69 Å². The molecular weight excluding hydrogens is 504 g/mol. The molecule has 0 atom stereocenters. The Labute approximate surface area is 221 Å². The Morgan fingerprint density at radius 1 is 0.895 bits per heavy atom. The van der Waals surface area contributed by atoms with Crippen molar-refractivity contribution in [1.82, 2.24) is 39.3 Å². The third kappa shape index (κ3) is 4.45. The number of fused-ring (bicyclic) bond motifs is 1. The van der Waals surface area contributed by atoms with Gasteiger partial charge in [0.05, 0.1) is 5.69 Å². The van der Waals surface area contributed by atoms with Crippen LogP contribution in [0.2, 0.25) is 0 Å². The highest BCUT2D eigenvalue weighted by molar-refractivity contribution is 7.99. The Kier molecular flexibility index (Phi) is 6.42. The number of aromatic amines is 1. The first-order valence-corrected chi connectivity index (χ1v) is 13.3. The van der Waals surface area contributed by atoms with Crippen molar-refractivity contribution in [3.05, 3.63) is 81.5 Å². The molecule has 0 saturated carbocycles. The zero-order valence-corrected chi connectivity index (χ0v) is 21.6. The largest absolute Gasteiger partial charge is 0.368 e. The van der Waals surface area contributed by atoms with E-state index in [1.807, 2.05) is 53.1 Å². The quantitative estimate of drug-likeness (QED) is 0.312. The SMILES string of the molecule is Cn1c(=O)[nH]c(=O)c2c1nc(N1CCN(c3ccccc3)CC1)n2CCSc1nnnn1-c1ccccc1. The minimum absolute atomic E-state index is 0.373. The van der Waals surface area contributed by atoms with Gasteiger partial charge in [0.15, 0.2) is 11.2 Å². The van der Waals surface area contributed by atoms with Gasteiger partial charge in [0.2, 0.25) is 11.1 Å². The van der Waals surface area contributed by atoms with Crippen LogP contribution in [-0.2, 0) is 13.6 Å². The number of nitrogens with zero attached hydrogens (tertiary/aromatic N) is 9. The summed E-state index contributed by atoms with van der Waals surface area (Å²) in [5.41, 5.74) is 1.89. The Bertz CT molecular complexity index is 1670. The number of nitrogens with one attached hydrogen (secondary N) is 1. The lowest BCUT2D eigenvalue weighted by molar-refractivity contribution is 0.622. The van der Waals surface area contributed by atoms with E-state index in [2.05, 4.69) is 42.4 Å². The maximum atomic E-state index is 12.9. The first-order chi connectivity index (χ1) is 18.6. The highest BCUT2D eigenvalue weighted by Gasteiger charge is 2.25. The van der Waals surface area contributed by atoms with Gasteiger partial charge in [0.25, 0.3) is 5.56 Å². The van der Waals surface area contributed by atoms with Gasteiger partial charge in [-0.1, -0.05) is 48.2 Å². The normalized spacial score (nSPS) is 13.9. The van der Waals surface area contributed by atoms with E-state index in [0.29, 0.717) is 34.6 Å². The number of aromatic nitrogens is 8. The van der Waals surface area contributed by atoms with Crippen LogP contribution >= 0.6 is 11.8 Å². The molecule has 2 aromatic carbocycles. The van der Waals surface area contributed by atoms with Crippen LogP contribution in [0.1, 0.15) is 0 Å². The van der Waals surface area contributed by atoms with E-state index in [1.165, 1.54) is 22.0 Å². The summed E-state index contributed by atoms with van der Waals surface area (Å²) in [7, 11) is 1.62. The lowest BCUT2D eigenvalue weighted by atomic mass is 10.2. The van der Waals surface area contributed by atoms with Crippen molar-refractivity contribution in [3.63, 3.8) is 0 Å². The van der Waals surface area contributed by atoms with Crippen molar-refractivity contribution >= 4 is 34.6 Å². The average molecular weight is 531 g/mol. The summed E-state index contributed by atoms with van der Waals surface area (Å²) >= 11 is 1.49. The first-order valence-electron chi connectivity index (χ1n) is 12.3. The van der Waals surface area contributed by atoms with Crippen molar-refractivity contribution < 1.29 is 0 Å². The van der Waals surface area contributed by atoms with Crippen LogP contribution in [-0.4, -0.2) is 71.2 Å². The van der Waals surface area contributed by atoms with Crippen LogP contribution in [0.15, 0.2) is 75.4 Å². The number of rotatable bonds is 7. The van der Waals surface area contributed by atoms with Crippen molar-refractivity contribution in [2.75, 3.05) is 41.7 Å². The molecule has 12 nitrogen and oxygen atoms in total. The van der Waals surface area contributed by atoms with Crippen LogP contribution in [0.3, 0.4) is 0 Å². The summed E-state index contributed by atoms with van der Waals surface area (Å²) < 4.78 is 4.99. The number of benzene rings is 2. The summed E-state index contributed by atoms with van der Waals surface area (Å²) in [6.45, 7) is 3.61. The molecule has 38 heavy (non-hydrogen) atoms. The zero-order valence-electron chi connectivity index (χ0n) is 20.8. The van der Waals surface area contributed by atoms with E-state index in [-0.39, 0.29) is 0 Å². The van der Waals surface area contributed by atoms with Gasteiger partial charge in [-0.05, 0) is 34.7 Å². The minimum Gasteiger partial charge on any atom is -0.368 e. The third-order valence-electron chi connectivity index (χ3n) is 6.66. The van der Waals surface area contributed by atoms with Gasteiger partial charge in [-0.25, -0.2) is 4.79 Å². The lowest BCUT2D eigenvalue weighted by Gasteiger charge is -2.36. The van der Waals surface area contributed by atoms with Crippen molar-refractivity contribution in [1.29, 1.82) is 0 Å². The van der Waals surface area contributed by atoms with Gasteiger partial charge >= 0.3 is 5.69 Å². The fourth-order valence-electron chi connectivity index (χ4n) is 4.71. The second-order valence-electron chi connectivity index (χ2n) is 8.92. The van der Waals surface area contributed by atoms with Gasteiger partial charge in [-0.2, -0.15) is 9.67 Å². The molecule has 4 heterocycles. The standard InChI is InChI=1S/C25H26N10O2S/c1-31-21-20(22(36)27-24(31)37)34(16-17-38-25-28-29-30-35(25)19-10-6-3-7-11-19)23(26-21)33-14-12-32(13-15-33)18-8-4-2-5-9-18/h2-11H,12-17H2,1H3,(H,27,36,37). The van der Waals surface area contributed by atoms with Gasteiger partial charge in [-0.15, -0.1) is 5.10 Å². The molecular formula is C25H26N10O2S. The van der Waals surface area contributed by atoms with Gasteiger partial charge in [0, 0.05) is 51.2 Å².